The molecule has 0 unspecified atom stereocenters. The monoisotopic (exact) mass is 495 g/mol. The minimum Gasteiger partial charge on any atom is -0.462 e. The molecular formula is C18H18BrN5O3S2. The molecule has 3 aromatic rings. The summed E-state index contributed by atoms with van der Waals surface area (Å²) in [6.07, 6.45) is 0. The molecule has 0 bridgehead atoms. The number of anilines is 1. The van der Waals surface area contributed by atoms with Crippen molar-refractivity contribution >= 4 is 55.9 Å². The number of benzene rings is 1. The van der Waals surface area contributed by atoms with Crippen LogP contribution in [0, 0.1) is 6.92 Å². The number of rotatable bonds is 7. The molecule has 0 saturated carbocycles. The van der Waals surface area contributed by atoms with Crippen molar-refractivity contribution in [2.45, 2.75) is 19.0 Å². The van der Waals surface area contributed by atoms with Gasteiger partial charge >= 0.3 is 5.97 Å². The molecule has 0 aliphatic heterocycles. The Kier molecular flexibility index (Phi) is 6.93. The minimum atomic E-state index is -0.388. The maximum atomic E-state index is 12.3. The van der Waals surface area contributed by atoms with Crippen molar-refractivity contribution in [2.24, 2.45) is 0 Å². The van der Waals surface area contributed by atoms with E-state index in [4.69, 9.17) is 10.6 Å². The second-order valence-electron chi connectivity index (χ2n) is 5.84. The number of thioether (sulfide) groups is 1. The molecule has 11 heteroatoms. The first-order valence-electron chi connectivity index (χ1n) is 8.56. The Morgan fingerprint density at radius 1 is 1.34 bits per heavy atom. The van der Waals surface area contributed by atoms with Crippen LogP contribution in [-0.4, -0.2) is 39.1 Å². The van der Waals surface area contributed by atoms with E-state index in [1.807, 2.05) is 24.3 Å². The lowest BCUT2D eigenvalue weighted by Gasteiger charge is -2.05. The fraction of sp³-hybridized carbons (Fsp3) is 0.222. The third-order valence-electron chi connectivity index (χ3n) is 3.75. The van der Waals surface area contributed by atoms with Gasteiger partial charge in [-0.05, 0) is 37.6 Å². The predicted octanol–water partition coefficient (Wildman–Crippen LogP) is 3.70. The SMILES string of the molecule is CCOC(=O)c1sc(NC(=O)CSc2nnc(-c3ccccc3Br)n2N)cc1C. The van der Waals surface area contributed by atoms with E-state index in [1.165, 1.54) is 27.8 Å². The van der Waals surface area contributed by atoms with E-state index in [1.54, 1.807) is 19.9 Å². The zero-order chi connectivity index (χ0) is 21.0. The smallest absolute Gasteiger partial charge is 0.348 e. The van der Waals surface area contributed by atoms with Crippen molar-refractivity contribution in [1.82, 2.24) is 14.9 Å². The van der Waals surface area contributed by atoms with Gasteiger partial charge in [0.1, 0.15) is 4.88 Å². The third kappa shape index (κ3) is 4.98. The van der Waals surface area contributed by atoms with Crippen molar-refractivity contribution in [2.75, 3.05) is 23.5 Å². The van der Waals surface area contributed by atoms with Crippen LogP contribution in [0.2, 0.25) is 0 Å². The van der Waals surface area contributed by atoms with Crippen molar-refractivity contribution in [3.8, 4) is 11.4 Å². The van der Waals surface area contributed by atoms with Gasteiger partial charge in [-0.3, -0.25) is 4.79 Å². The van der Waals surface area contributed by atoms with Crippen molar-refractivity contribution in [1.29, 1.82) is 0 Å². The van der Waals surface area contributed by atoms with Crippen LogP contribution < -0.4 is 11.2 Å². The van der Waals surface area contributed by atoms with Crippen LogP contribution >= 0.6 is 39.0 Å². The number of halogens is 1. The minimum absolute atomic E-state index is 0.0942. The van der Waals surface area contributed by atoms with Crippen LogP contribution in [0.5, 0.6) is 0 Å². The van der Waals surface area contributed by atoms with E-state index < -0.39 is 0 Å². The Labute approximate surface area is 183 Å². The van der Waals surface area contributed by atoms with Gasteiger partial charge in [-0.1, -0.05) is 39.8 Å². The molecule has 29 heavy (non-hydrogen) atoms. The predicted molar refractivity (Wildman–Crippen MR) is 118 cm³/mol. The van der Waals surface area contributed by atoms with Crippen LogP contribution in [0.4, 0.5) is 5.00 Å². The highest BCUT2D eigenvalue weighted by Crippen LogP contribution is 2.29. The number of ether oxygens (including phenoxy) is 1. The number of carbonyl (C=O) groups is 2. The van der Waals surface area contributed by atoms with E-state index in [9.17, 15) is 9.59 Å². The Morgan fingerprint density at radius 3 is 2.83 bits per heavy atom. The largest absolute Gasteiger partial charge is 0.462 e. The lowest BCUT2D eigenvalue weighted by atomic mass is 10.2. The van der Waals surface area contributed by atoms with Crippen molar-refractivity contribution < 1.29 is 14.3 Å². The average molecular weight is 496 g/mol. The van der Waals surface area contributed by atoms with Gasteiger partial charge in [0.05, 0.1) is 17.4 Å². The number of nitrogen functional groups attached to an aromatic ring is 1. The van der Waals surface area contributed by atoms with E-state index in [-0.39, 0.29) is 17.6 Å². The number of nitrogens with two attached hydrogens (primary N) is 1. The molecule has 0 aliphatic rings. The summed E-state index contributed by atoms with van der Waals surface area (Å²) in [6.45, 7) is 3.85. The van der Waals surface area contributed by atoms with Crippen LogP contribution in [0.25, 0.3) is 11.4 Å². The summed E-state index contributed by atoms with van der Waals surface area (Å²) in [5.74, 6) is 6.06. The van der Waals surface area contributed by atoms with Crippen LogP contribution in [0.3, 0.4) is 0 Å². The average Bonchev–Trinajstić information content (AvgIpc) is 3.23. The van der Waals surface area contributed by atoms with Gasteiger partial charge in [-0.25, -0.2) is 9.47 Å². The van der Waals surface area contributed by atoms with Gasteiger partial charge in [0.25, 0.3) is 0 Å². The summed E-state index contributed by atoms with van der Waals surface area (Å²) in [5.41, 5.74) is 1.57. The molecule has 0 spiro atoms. The molecule has 0 radical (unpaired) electrons. The summed E-state index contributed by atoms with van der Waals surface area (Å²) in [4.78, 5) is 24.7. The topological polar surface area (TPSA) is 112 Å². The number of nitrogens with zero attached hydrogens (tertiary/aromatic N) is 3. The lowest BCUT2D eigenvalue weighted by molar-refractivity contribution is -0.113. The maximum Gasteiger partial charge on any atom is 0.348 e. The molecule has 3 rings (SSSR count). The van der Waals surface area contributed by atoms with Crippen LogP contribution in [-0.2, 0) is 9.53 Å². The first kappa shape index (κ1) is 21.3. The first-order chi connectivity index (χ1) is 13.9. The highest BCUT2D eigenvalue weighted by atomic mass is 79.9. The van der Waals surface area contributed by atoms with E-state index in [0.717, 1.165) is 15.6 Å². The highest BCUT2D eigenvalue weighted by Gasteiger charge is 2.18. The Bertz CT molecular complexity index is 1050. The number of hydrogen-bond acceptors (Lipinski definition) is 8. The zero-order valence-electron chi connectivity index (χ0n) is 15.6. The molecule has 2 heterocycles. The normalized spacial score (nSPS) is 10.7. The lowest BCUT2D eigenvalue weighted by Crippen LogP contribution is -2.16. The first-order valence-corrected chi connectivity index (χ1v) is 11.2. The van der Waals surface area contributed by atoms with Gasteiger partial charge in [-0.2, -0.15) is 0 Å². The second kappa shape index (κ2) is 9.42. The number of hydrogen-bond donors (Lipinski definition) is 2. The fourth-order valence-corrected chi connectivity index (χ4v) is 4.55. The molecule has 2 aromatic heterocycles. The molecular weight excluding hydrogens is 478 g/mol. The van der Waals surface area contributed by atoms with Crippen LogP contribution in [0.15, 0.2) is 40.0 Å². The summed E-state index contributed by atoms with van der Waals surface area (Å²) < 4.78 is 7.21. The van der Waals surface area contributed by atoms with Gasteiger partial charge in [-0.15, -0.1) is 21.5 Å². The number of thiophene rings is 1. The summed E-state index contributed by atoms with van der Waals surface area (Å²) in [5, 5.41) is 12.0. The van der Waals surface area contributed by atoms with Gasteiger partial charge in [0.2, 0.25) is 11.1 Å². The van der Waals surface area contributed by atoms with Crippen molar-refractivity contribution in [3.05, 3.63) is 45.2 Å². The second-order valence-corrected chi connectivity index (χ2v) is 8.69. The number of aryl methyl sites for hydroxylation is 1. The number of nitrogens with one attached hydrogen (secondary N) is 1. The van der Waals surface area contributed by atoms with Crippen molar-refractivity contribution in [3.63, 3.8) is 0 Å². The molecule has 8 nitrogen and oxygen atoms in total. The molecule has 0 atom stereocenters. The van der Waals surface area contributed by atoms with E-state index >= 15 is 0 Å². The van der Waals surface area contributed by atoms with Gasteiger partial charge in [0, 0.05) is 10.0 Å². The maximum absolute atomic E-state index is 12.3. The summed E-state index contributed by atoms with van der Waals surface area (Å²) in [6, 6.07) is 9.28. The van der Waals surface area contributed by atoms with E-state index in [0.29, 0.717) is 27.5 Å². The molecule has 0 saturated heterocycles. The van der Waals surface area contributed by atoms with Gasteiger partial charge < -0.3 is 15.9 Å². The number of amides is 1. The molecule has 0 fully saturated rings. The summed E-state index contributed by atoms with van der Waals surface area (Å²) in [7, 11) is 0. The third-order valence-corrected chi connectivity index (χ3v) is 6.52. The van der Waals surface area contributed by atoms with Crippen LogP contribution in [0.1, 0.15) is 22.2 Å². The van der Waals surface area contributed by atoms with E-state index in [2.05, 4.69) is 31.4 Å². The Morgan fingerprint density at radius 2 is 2.10 bits per heavy atom. The molecule has 0 aliphatic carbocycles. The van der Waals surface area contributed by atoms with Gasteiger partial charge in [0.15, 0.2) is 5.82 Å². The molecule has 152 valence electrons. The molecule has 1 aromatic carbocycles. The highest BCUT2D eigenvalue weighted by molar-refractivity contribution is 9.10. The number of carbonyl (C=O) groups excluding carboxylic acids is 2. The molecule has 3 N–H and O–H groups in total. The molecule has 1 amide bonds. The quantitative estimate of drug-likeness (QED) is 0.291. The standard InChI is InChI=1S/C18H18BrN5O3S2/c1-3-27-17(26)15-10(2)8-14(29-15)21-13(25)9-28-18-23-22-16(24(18)20)11-6-4-5-7-12(11)19/h4-8H,3,9,20H2,1-2H3,(H,21,25). The zero-order valence-corrected chi connectivity index (χ0v) is 18.9. The Hall–Kier alpha value is -2.37. The Balaban J connectivity index is 1.63. The fourth-order valence-electron chi connectivity index (χ4n) is 2.45. The number of esters is 1. The summed E-state index contributed by atoms with van der Waals surface area (Å²) >= 11 is 5.82. The number of aromatic nitrogens is 3.